The summed E-state index contributed by atoms with van der Waals surface area (Å²) in [5.74, 6) is -5.00. The van der Waals surface area contributed by atoms with Gasteiger partial charge in [0.05, 0.1) is 18.2 Å². The number of ether oxygens (including phenoxy) is 4. The second-order valence-electron chi connectivity index (χ2n) is 14.2. The smallest absolute Gasteiger partial charge is 0.356 e. The van der Waals surface area contributed by atoms with E-state index in [2.05, 4.69) is 15.9 Å². The Balaban J connectivity index is 1.73. The van der Waals surface area contributed by atoms with E-state index in [4.69, 9.17) is 18.9 Å². The van der Waals surface area contributed by atoms with Crippen molar-refractivity contribution in [1.29, 1.82) is 0 Å². The number of aliphatic hydroxyl groups is 1. The van der Waals surface area contributed by atoms with Gasteiger partial charge in [-0.1, -0.05) is 13.8 Å². The third kappa shape index (κ3) is 7.55. The molecule has 4 rings (SSSR count). The van der Waals surface area contributed by atoms with Gasteiger partial charge in [0.25, 0.3) is 0 Å². The van der Waals surface area contributed by atoms with Crippen LogP contribution in [0.1, 0.15) is 102 Å². The van der Waals surface area contributed by atoms with Gasteiger partial charge in [0, 0.05) is 6.08 Å². The molecule has 13 heteroatoms. The van der Waals surface area contributed by atoms with E-state index in [1.165, 1.54) is 27.0 Å². The predicted molar refractivity (Wildman–Crippen MR) is 206 cm³/mol. The molecule has 0 aliphatic heterocycles. The fourth-order valence-corrected chi connectivity index (χ4v) is 7.34. The van der Waals surface area contributed by atoms with Gasteiger partial charge in [-0.15, -0.1) is 0 Å². The molecule has 0 radical (unpaired) electrons. The molecule has 3 N–H and O–H groups in total. The number of aromatic carboxylic acids is 1. The molecule has 0 saturated carbocycles. The first kappa shape index (κ1) is 42.5. The highest BCUT2D eigenvalue weighted by molar-refractivity contribution is 9.10. The normalized spacial score (nSPS) is 15.4. The number of benzene rings is 3. The summed E-state index contributed by atoms with van der Waals surface area (Å²) >= 11 is 3.23. The summed E-state index contributed by atoms with van der Waals surface area (Å²) < 4.78 is 22.5. The van der Waals surface area contributed by atoms with E-state index < -0.39 is 41.0 Å². The zero-order valence-electron chi connectivity index (χ0n) is 32.9. The van der Waals surface area contributed by atoms with E-state index in [1.807, 2.05) is 13.8 Å². The molecule has 12 nitrogen and oxygen atoms in total. The molecule has 3 aromatic rings. The van der Waals surface area contributed by atoms with Crippen LogP contribution >= 0.6 is 15.9 Å². The monoisotopic (exact) mass is 820 g/mol. The second kappa shape index (κ2) is 15.8. The summed E-state index contributed by atoms with van der Waals surface area (Å²) in [6.45, 7) is 18.5. The van der Waals surface area contributed by atoms with Crippen molar-refractivity contribution >= 4 is 45.6 Å². The molecule has 55 heavy (non-hydrogen) atoms. The van der Waals surface area contributed by atoms with Gasteiger partial charge in [-0.2, -0.15) is 0 Å². The molecular weight excluding hydrogens is 776 g/mol. The molecule has 292 valence electrons. The van der Waals surface area contributed by atoms with E-state index in [0.717, 1.165) is 12.2 Å². The number of carboxylic acids is 1. The van der Waals surface area contributed by atoms with Crippen molar-refractivity contribution in [1.82, 2.24) is 0 Å². The number of rotatable bonds is 10. The van der Waals surface area contributed by atoms with Crippen LogP contribution < -0.4 is 14.2 Å². The van der Waals surface area contributed by atoms with E-state index in [0.29, 0.717) is 45.4 Å². The topological polar surface area (TPSA) is 183 Å². The summed E-state index contributed by atoms with van der Waals surface area (Å²) in [6, 6.07) is 1.54. The number of aryl methyl sites for hydroxylation is 1. The molecule has 0 fully saturated rings. The molecule has 0 unspecified atom stereocenters. The van der Waals surface area contributed by atoms with Crippen molar-refractivity contribution < 1.29 is 58.2 Å². The number of carbonyl (C=O) groups is 5. The molecular formula is C42H45BrO12. The fourth-order valence-electron chi connectivity index (χ4n) is 6.76. The number of ketones is 1. The summed E-state index contributed by atoms with van der Waals surface area (Å²) in [5.41, 5.74) is 1.78. The van der Waals surface area contributed by atoms with Crippen molar-refractivity contribution in [2.24, 2.45) is 5.92 Å². The van der Waals surface area contributed by atoms with E-state index in [9.17, 15) is 39.3 Å². The largest absolute Gasteiger partial charge is 0.506 e. The van der Waals surface area contributed by atoms with Crippen molar-refractivity contribution in [3.63, 3.8) is 0 Å². The SMILES string of the molecule is COC1=CC(=O)C=C(C)[C@]1(O)C(=O)Oc1c(C)c(C)c(C(=O)Oc2cc(C)c(C(=O)Oc3c(C)c(C)c(C(=O)O)c(C)c3C)c(CC(C)C)c2C)c(O)c1Br. The van der Waals surface area contributed by atoms with Crippen LogP contribution in [0.3, 0.4) is 0 Å². The lowest BCUT2D eigenvalue weighted by molar-refractivity contribution is -0.151. The number of methoxy groups -OCH3 is 1. The number of hydrogen-bond acceptors (Lipinski definition) is 11. The lowest BCUT2D eigenvalue weighted by Gasteiger charge is -2.30. The maximum absolute atomic E-state index is 14.0. The summed E-state index contributed by atoms with van der Waals surface area (Å²) in [7, 11) is 1.19. The number of hydrogen-bond donors (Lipinski definition) is 3. The lowest BCUT2D eigenvalue weighted by atomic mass is 9.87. The van der Waals surface area contributed by atoms with Crippen molar-refractivity contribution in [2.75, 3.05) is 7.11 Å². The van der Waals surface area contributed by atoms with Crippen LogP contribution in [0.2, 0.25) is 0 Å². The minimum absolute atomic E-state index is 0.0386. The highest BCUT2D eigenvalue weighted by Crippen LogP contribution is 2.44. The van der Waals surface area contributed by atoms with Gasteiger partial charge in [0.15, 0.2) is 11.5 Å². The maximum atomic E-state index is 14.0. The highest BCUT2D eigenvalue weighted by Gasteiger charge is 2.48. The summed E-state index contributed by atoms with van der Waals surface area (Å²) in [6.07, 6.45) is 2.46. The Bertz CT molecular complexity index is 2200. The quantitative estimate of drug-likeness (QED) is 0.134. The Morgan fingerprint density at radius 1 is 0.745 bits per heavy atom. The van der Waals surface area contributed by atoms with Crippen LogP contribution in [-0.4, -0.2) is 57.7 Å². The number of esters is 3. The van der Waals surface area contributed by atoms with Crippen LogP contribution in [0.5, 0.6) is 23.0 Å². The first-order valence-electron chi connectivity index (χ1n) is 17.4. The van der Waals surface area contributed by atoms with Crippen molar-refractivity contribution in [3.05, 3.63) is 101 Å². The Labute approximate surface area is 327 Å². The standard InChI is InChI=1S/C42H45BrO12/c1-17(2)13-28-26(11)29(14-18(3)31(28)39(48)54-36-23(8)20(5)32(38(46)47)21(6)24(36)9)53-40(49)33-22(7)25(10)37(34(43)35(33)45)55-41(50)42(51)19(4)15-27(44)16-30(42)52-12/h14-17,45,51H,13H2,1-12H3,(H,46,47)/t42-/m1/s1. The molecule has 1 atom stereocenters. The average molecular weight is 822 g/mol. The zero-order chi connectivity index (χ0) is 41.6. The van der Waals surface area contributed by atoms with Gasteiger partial charge in [-0.25, -0.2) is 19.2 Å². The third-order valence-corrected chi connectivity index (χ3v) is 11.0. The lowest BCUT2D eigenvalue weighted by Crippen LogP contribution is -2.47. The first-order chi connectivity index (χ1) is 25.5. The fraction of sp³-hybridized carbons (Fsp3) is 0.357. The molecule has 0 saturated heterocycles. The molecule has 0 aromatic heterocycles. The Hall–Kier alpha value is -5.27. The molecule has 0 bridgehead atoms. The van der Waals surface area contributed by atoms with Crippen LogP contribution in [0.15, 0.2) is 34.0 Å². The molecule has 1 aliphatic rings. The summed E-state index contributed by atoms with van der Waals surface area (Å²) in [5, 5.41) is 32.4. The minimum atomic E-state index is -2.43. The molecule has 3 aromatic carbocycles. The number of allylic oxidation sites excluding steroid dienone is 2. The number of carboxylic acid groups (broad SMARTS) is 1. The van der Waals surface area contributed by atoms with Crippen molar-refractivity contribution in [3.8, 4) is 23.0 Å². The number of carbonyl (C=O) groups excluding carboxylic acids is 4. The number of halogens is 1. The van der Waals surface area contributed by atoms with E-state index in [1.54, 1.807) is 48.5 Å². The first-order valence-corrected chi connectivity index (χ1v) is 18.2. The van der Waals surface area contributed by atoms with Crippen LogP contribution in [0.4, 0.5) is 0 Å². The minimum Gasteiger partial charge on any atom is -0.506 e. The second-order valence-corrected chi connectivity index (χ2v) is 15.0. The average Bonchev–Trinajstić information content (AvgIpc) is 3.10. The highest BCUT2D eigenvalue weighted by atomic mass is 79.9. The van der Waals surface area contributed by atoms with Crippen LogP contribution in [0, 0.1) is 61.3 Å². The zero-order valence-corrected chi connectivity index (χ0v) is 34.5. The molecule has 0 spiro atoms. The number of phenols is 1. The Morgan fingerprint density at radius 2 is 1.27 bits per heavy atom. The van der Waals surface area contributed by atoms with Gasteiger partial charge in [0.1, 0.15) is 33.0 Å². The van der Waals surface area contributed by atoms with Crippen LogP contribution in [-0.2, 0) is 20.7 Å². The van der Waals surface area contributed by atoms with Gasteiger partial charge in [-0.3, -0.25) is 4.79 Å². The molecule has 0 amide bonds. The molecule has 0 heterocycles. The number of aromatic hydroxyl groups is 1. The van der Waals surface area contributed by atoms with E-state index >= 15 is 0 Å². The van der Waals surface area contributed by atoms with Gasteiger partial charge in [-0.05, 0) is 158 Å². The Morgan fingerprint density at radius 3 is 1.80 bits per heavy atom. The van der Waals surface area contributed by atoms with Crippen LogP contribution in [0.25, 0.3) is 0 Å². The van der Waals surface area contributed by atoms with Gasteiger partial charge in [0.2, 0.25) is 5.60 Å². The van der Waals surface area contributed by atoms with Gasteiger partial charge >= 0.3 is 23.9 Å². The van der Waals surface area contributed by atoms with Crippen molar-refractivity contribution in [2.45, 2.75) is 88.2 Å². The third-order valence-electron chi connectivity index (χ3n) is 10.2. The molecule has 1 aliphatic carbocycles. The summed E-state index contributed by atoms with van der Waals surface area (Å²) in [4.78, 5) is 65.3. The predicted octanol–water partition coefficient (Wildman–Crippen LogP) is 7.65. The van der Waals surface area contributed by atoms with E-state index in [-0.39, 0.29) is 66.8 Å². The van der Waals surface area contributed by atoms with Gasteiger partial charge < -0.3 is 34.3 Å². The maximum Gasteiger partial charge on any atom is 0.356 e. The number of phenolic OH excluding ortho intramolecular Hbond substituents is 1. The Kier molecular flexibility index (Phi) is 12.2.